The summed E-state index contributed by atoms with van der Waals surface area (Å²) in [6.07, 6.45) is 1.75. The molecular weight excluding hydrogens is 419 g/mol. The largest absolute Gasteiger partial charge is 0.337 e. The second kappa shape index (κ2) is 7.43. The number of anilines is 1. The molecule has 2 heterocycles. The number of hydrogen-bond acceptors (Lipinski definition) is 3. The molecule has 140 valence electrons. The Morgan fingerprint density at radius 2 is 1.82 bits per heavy atom. The van der Waals surface area contributed by atoms with Gasteiger partial charge in [-0.1, -0.05) is 34.8 Å². The zero-order chi connectivity index (χ0) is 19.8. The van der Waals surface area contributed by atoms with E-state index in [2.05, 4.69) is 20.3 Å². The predicted molar refractivity (Wildman–Crippen MR) is 113 cm³/mol. The van der Waals surface area contributed by atoms with Crippen LogP contribution in [-0.4, -0.2) is 20.9 Å². The Balaban J connectivity index is 1.68. The van der Waals surface area contributed by atoms with E-state index in [1.807, 2.05) is 13.0 Å². The van der Waals surface area contributed by atoms with E-state index in [9.17, 15) is 4.79 Å². The molecule has 8 heteroatoms. The van der Waals surface area contributed by atoms with E-state index in [0.29, 0.717) is 37.8 Å². The number of carbonyl (C=O) groups excluding carboxylic acids is 1. The number of benzene rings is 2. The van der Waals surface area contributed by atoms with Gasteiger partial charge < -0.3 is 10.3 Å². The molecule has 2 aromatic carbocycles. The van der Waals surface area contributed by atoms with Crippen LogP contribution in [0, 0.1) is 6.92 Å². The fraction of sp³-hybridized carbons (Fsp3) is 0.0500. The first kappa shape index (κ1) is 18.7. The van der Waals surface area contributed by atoms with Gasteiger partial charge in [0.1, 0.15) is 5.82 Å². The fourth-order valence-corrected chi connectivity index (χ4v) is 3.37. The summed E-state index contributed by atoms with van der Waals surface area (Å²) in [5, 5.41) is 4.05. The van der Waals surface area contributed by atoms with Gasteiger partial charge in [-0.3, -0.25) is 4.79 Å². The van der Waals surface area contributed by atoms with Gasteiger partial charge in [0.05, 0.1) is 21.1 Å². The molecule has 0 radical (unpaired) electrons. The standard InChI is InChI=1S/C20H13Cl3N4O/c1-10-6-17-19(24-9-10)27-18(26-17)13-8-12(3-5-15(13)22)25-20(28)14-7-11(21)2-4-16(14)23/h2-9H,1H3,(H,25,28)(H,24,26,27). The average Bonchev–Trinajstić information content (AvgIpc) is 3.08. The summed E-state index contributed by atoms with van der Waals surface area (Å²) in [5.74, 6) is 0.192. The third kappa shape index (κ3) is 3.69. The van der Waals surface area contributed by atoms with Crippen molar-refractivity contribution in [3.8, 4) is 11.4 Å². The number of H-pyrrole nitrogens is 1. The van der Waals surface area contributed by atoms with Gasteiger partial charge in [0.2, 0.25) is 0 Å². The highest BCUT2D eigenvalue weighted by atomic mass is 35.5. The predicted octanol–water partition coefficient (Wildman–Crippen LogP) is 6.15. The number of rotatable bonds is 3. The summed E-state index contributed by atoms with van der Waals surface area (Å²) >= 11 is 18.4. The minimum atomic E-state index is -0.373. The van der Waals surface area contributed by atoms with Crippen LogP contribution in [0.25, 0.3) is 22.6 Å². The van der Waals surface area contributed by atoms with E-state index in [0.717, 1.165) is 11.1 Å². The number of imidazole rings is 1. The number of aromatic nitrogens is 3. The summed E-state index contributed by atoms with van der Waals surface area (Å²) in [6.45, 7) is 1.96. The van der Waals surface area contributed by atoms with Crippen LogP contribution in [0.5, 0.6) is 0 Å². The lowest BCUT2D eigenvalue weighted by Crippen LogP contribution is -2.12. The minimum absolute atomic E-state index is 0.286. The van der Waals surface area contributed by atoms with Gasteiger partial charge in [-0.05, 0) is 55.0 Å². The van der Waals surface area contributed by atoms with Crippen LogP contribution in [-0.2, 0) is 0 Å². The zero-order valence-electron chi connectivity index (χ0n) is 14.6. The summed E-state index contributed by atoms with van der Waals surface area (Å²) in [6, 6.07) is 11.8. The van der Waals surface area contributed by atoms with E-state index in [1.165, 1.54) is 6.07 Å². The van der Waals surface area contributed by atoms with Crippen LogP contribution in [0.3, 0.4) is 0 Å². The first-order valence-corrected chi connectivity index (χ1v) is 9.43. The quantitative estimate of drug-likeness (QED) is 0.409. The van der Waals surface area contributed by atoms with Crippen molar-refractivity contribution >= 4 is 57.6 Å². The van der Waals surface area contributed by atoms with Crippen LogP contribution in [0.2, 0.25) is 15.1 Å². The van der Waals surface area contributed by atoms with Gasteiger partial charge in [0.25, 0.3) is 5.91 Å². The van der Waals surface area contributed by atoms with E-state index >= 15 is 0 Å². The number of nitrogens with zero attached hydrogens (tertiary/aromatic N) is 2. The molecule has 0 atom stereocenters. The highest BCUT2D eigenvalue weighted by molar-refractivity contribution is 6.36. The molecule has 0 spiro atoms. The van der Waals surface area contributed by atoms with E-state index in [4.69, 9.17) is 34.8 Å². The highest BCUT2D eigenvalue weighted by Crippen LogP contribution is 2.30. The Kier molecular flexibility index (Phi) is 4.98. The summed E-state index contributed by atoms with van der Waals surface area (Å²) in [7, 11) is 0. The van der Waals surface area contributed by atoms with E-state index < -0.39 is 0 Å². The number of carbonyl (C=O) groups is 1. The topological polar surface area (TPSA) is 70.7 Å². The number of nitrogens with one attached hydrogen (secondary N) is 2. The number of aromatic amines is 1. The first-order valence-electron chi connectivity index (χ1n) is 8.29. The van der Waals surface area contributed by atoms with Crippen LogP contribution in [0.4, 0.5) is 5.69 Å². The van der Waals surface area contributed by atoms with Crippen LogP contribution in [0.1, 0.15) is 15.9 Å². The molecule has 5 nitrogen and oxygen atoms in total. The number of aryl methyl sites for hydroxylation is 1. The normalized spacial score (nSPS) is 11.0. The van der Waals surface area contributed by atoms with Crippen LogP contribution < -0.4 is 5.32 Å². The lowest BCUT2D eigenvalue weighted by atomic mass is 10.1. The summed E-state index contributed by atoms with van der Waals surface area (Å²) in [5.41, 5.74) is 3.91. The van der Waals surface area contributed by atoms with E-state index in [-0.39, 0.29) is 11.5 Å². The number of pyridine rings is 1. The van der Waals surface area contributed by atoms with Gasteiger partial charge in [-0.25, -0.2) is 9.97 Å². The van der Waals surface area contributed by atoms with Gasteiger partial charge in [-0.2, -0.15) is 0 Å². The third-order valence-electron chi connectivity index (χ3n) is 4.13. The Hall–Kier alpha value is -2.60. The molecule has 0 aliphatic carbocycles. The van der Waals surface area contributed by atoms with Crippen LogP contribution in [0.15, 0.2) is 48.7 Å². The van der Waals surface area contributed by atoms with Crippen molar-refractivity contribution in [3.05, 3.63) is 74.9 Å². The first-order chi connectivity index (χ1) is 13.4. The van der Waals surface area contributed by atoms with Gasteiger partial charge in [-0.15, -0.1) is 0 Å². The number of hydrogen-bond donors (Lipinski definition) is 2. The lowest BCUT2D eigenvalue weighted by Gasteiger charge is -2.09. The maximum atomic E-state index is 12.6. The molecule has 0 saturated carbocycles. The van der Waals surface area contributed by atoms with Crippen molar-refractivity contribution in [2.75, 3.05) is 5.32 Å². The average molecular weight is 432 g/mol. The molecule has 2 N–H and O–H groups in total. The van der Waals surface area contributed by atoms with Crippen LogP contribution >= 0.6 is 34.8 Å². The van der Waals surface area contributed by atoms with Gasteiger partial charge in [0, 0.05) is 22.5 Å². The molecule has 4 aromatic rings. The molecule has 4 rings (SSSR count). The Morgan fingerprint density at radius 1 is 1.04 bits per heavy atom. The number of amides is 1. The monoisotopic (exact) mass is 430 g/mol. The second-order valence-electron chi connectivity index (χ2n) is 6.24. The Labute approximate surface area is 175 Å². The zero-order valence-corrected chi connectivity index (χ0v) is 16.8. The molecule has 0 unspecified atom stereocenters. The minimum Gasteiger partial charge on any atom is -0.337 e. The smallest absolute Gasteiger partial charge is 0.257 e. The molecule has 0 aliphatic rings. The molecule has 28 heavy (non-hydrogen) atoms. The maximum absolute atomic E-state index is 12.6. The molecule has 0 bridgehead atoms. The number of halogens is 3. The summed E-state index contributed by atoms with van der Waals surface area (Å²) < 4.78 is 0. The molecule has 0 aliphatic heterocycles. The van der Waals surface area contributed by atoms with Crippen molar-refractivity contribution in [2.24, 2.45) is 0 Å². The lowest BCUT2D eigenvalue weighted by molar-refractivity contribution is 0.102. The summed E-state index contributed by atoms with van der Waals surface area (Å²) in [4.78, 5) is 24.6. The third-order valence-corrected chi connectivity index (χ3v) is 5.02. The van der Waals surface area contributed by atoms with Gasteiger partial charge >= 0.3 is 0 Å². The Bertz CT molecular complexity index is 1220. The molecule has 2 aromatic heterocycles. The SMILES string of the molecule is Cc1cnc2nc(-c3cc(NC(=O)c4cc(Cl)ccc4Cl)ccc3Cl)[nH]c2c1. The molecule has 0 fully saturated rings. The van der Waals surface area contributed by atoms with Crippen molar-refractivity contribution in [1.82, 2.24) is 15.0 Å². The van der Waals surface area contributed by atoms with Gasteiger partial charge in [0.15, 0.2) is 5.65 Å². The van der Waals surface area contributed by atoms with Crippen molar-refractivity contribution in [3.63, 3.8) is 0 Å². The highest BCUT2D eigenvalue weighted by Gasteiger charge is 2.14. The fourth-order valence-electron chi connectivity index (χ4n) is 2.79. The van der Waals surface area contributed by atoms with Crippen molar-refractivity contribution in [2.45, 2.75) is 6.92 Å². The second-order valence-corrected chi connectivity index (χ2v) is 7.49. The molecular formula is C20H13Cl3N4O. The number of fused-ring (bicyclic) bond motifs is 1. The molecule has 1 amide bonds. The molecule has 0 saturated heterocycles. The van der Waals surface area contributed by atoms with Crippen molar-refractivity contribution in [1.29, 1.82) is 0 Å². The maximum Gasteiger partial charge on any atom is 0.257 e. The Morgan fingerprint density at radius 3 is 2.64 bits per heavy atom. The van der Waals surface area contributed by atoms with E-state index in [1.54, 1.807) is 36.5 Å². The van der Waals surface area contributed by atoms with Crippen molar-refractivity contribution < 1.29 is 4.79 Å².